The lowest BCUT2D eigenvalue weighted by molar-refractivity contribution is 1.28. The van der Waals surface area contributed by atoms with Gasteiger partial charge >= 0.3 is 0 Å². The predicted octanol–water partition coefficient (Wildman–Crippen LogP) is 14.1. The minimum absolute atomic E-state index is 0.00657. The van der Waals surface area contributed by atoms with Crippen molar-refractivity contribution in [2.24, 2.45) is 0 Å². The lowest BCUT2D eigenvalue weighted by atomic mass is 9.89. The average molecular weight is 670 g/mol. The van der Waals surface area contributed by atoms with Gasteiger partial charge in [0.15, 0.2) is 0 Å². The molecule has 0 unspecified atom stereocenters. The average Bonchev–Trinajstić information content (AvgIpc) is 3.37. The third-order valence-electron chi connectivity index (χ3n) is 8.41. The molecule has 0 aliphatic rings. The summed E-state index contributed by atoms with van der Waals surface area (Å²) in [4.78, 5) is 0.983. The van der Waals surface area contributed by atoms with Crippen LogP contribution < -0.4 is 4.90 Å². The highest BCUT2D eigenvalue weighted by atomic mass is 15.1. The van der Waals surface area contributed by atoms with Crippen molar-refractivity contribution in [3.05, 3.63) is 212 Å². The van der Waals surface area contributed by atoms with E-state index in [1.165, 1.54) is 12.1 Å². The second-order valence-corrected chi connectivity index (χ2v) is 11.4. The van der Waals surface area contributed by atoms with E-state index in [-0.39, 0.29) is 5.69 Å². The topological polar surface area (TPSA) is 3.24 Å². The van der Waals surface area contributed by atoms with Gasteiger partial charge in [0.25, 0.3) is 0 Å². The number of benzene rings is 9. The molecule has 0 N–H and O–H groups in total. The SMILES string of the molecule is [2H]c1c([2H])c([2H])c(-c2c([2H])c([2H])c(N(c3ccc(-c4c(-c5ccccc5)ccc5ccccc45)cc3)c3c([2H])c([2H])c(-c4c([2H])c([2H])c([2H])c5c([2H])c([2H])c([2H])c([2H])c45)c([2H])c3[2H])c([2H])c2[2H])c([2H])c1[2H]. The van der Waals surface area contributed by atoms with E-state index in [0.29, 0.717) is 5.56 Å². The van der Waals surface area contributed by atoms with Crippen molar-refractivity contribution in [2.75, 3.05) is 4.90 Å². The number of hydrogen-bond donors (Lipinski definition) is 0. The molecule has 1 heteroatoms. The van der Waals surface area contributed by atoms with Gasteiger partial charge in [-0.2, -0.15) is 0 Å². The molecular formula is C50H35N. The number of anilines is 3. The summed E-state index contributed by atoms with van der Waals surface area (Å²) in [6.07, 6.45) is 0. The zero-order valence-corrected chi connectivity index (χ0v) is 26.6. The third kappa shape index (κ3) is 5.86. The van der Waals surface area contributed by atoms with Crippen LogP contribution in [0.15, 0.2) is 212 Å². The summed E-state index contributed by atoms with van der Waals surface area (Å²) in [7, 11) is 0. The predicted molar refractivity (Wildman–Crippen MR) is 218 cm³/mol. The third-order valence-corrected chi connectivity index (χ3v) is 8.41. The fourth-order valence-corrected chi connectivity index (χ4v) is 6.05. The van der Waals surface area contributed by atoms with Crippen LogP contribution in [-0.4, -0.2) is 0 Å². The van der Waals surface area contributed by atoms with E-state index in [0.717, 1.165) is 32.4 Å². The Hall–Kier alpha value is -6.70. The normalized spacial score (nSPS) is 16.6. The van der Waals surface area contributed by atoms with Crippen molar-refractivity contribution in [3.8, 4) is 44.5 Å². The second-order valence-electron chi connectivity index (χ2n) is 11.4. The Balaban J connectivity index is 1.36. The van der Waals surface area contributed by atoms with E-state index < -0.39 is 165 Å². The molecule has 0 aliphatic carbocycles. The highest BCUT2D eigenvalue weighted by Gasteiger charge is 2.16. The molecule has 9 aromatic carbocycles. The summed E-state index contributed by atoms with van der Waals surface area (Å²) in [6.45, 7) is 0. The molecule has 240 valence electrons. The van der Waals surface area contributed by atoms with Crippen LogP contribution in [0.1, 0.15) is 27.4 Å². The summed E-state index contributed by atoms with van der Waals surface area (Å²) in [6, 6.07) is 11.5. The highest BCUT2D eigenvalue weighted by molar-refractivity contribution is 6.04. The van der Waals surface area contributed by atoms with Gasteiger partial charge < -0.3 is 4.90 Å². The number of fused-ring (bicyclic) bond motifs is 2. The maximum Gasteiger partial charge on any atom is 0.0645 e. The Labute approximate surface area is 327 Å². The molecule has 0 atom stereocenters. The quantitative estimate of drug-likeness (QED) is 0.163. The van der Waals surface area contributed by atoms with Gasteiger partial charge in [-0.25, -0.2) is 0 Å². The molecule has 0 heterocycles. The molecule has 9 aromatic rings. The van der Waals surface area contributed by atoms with E-state index in [2.05, 4.69) is 0 Å². The number of hydrogen-bond acceptors (Lipinski definition) is 1. The van der Waals surface area contributed by atoms with Gasteiger partial charge in [0.2, 0.25) is 0 Å². The Morgan fingerprint density at radius 2 is 0.941 bits per heavy atom. The lowest BCUT2D eigenvalue weighted by Gasteiger charge is -2.26. The van der Waals surface area contributed by atoms with Crippen LogP contribution in [0.5, 0.6) is 0 Å². The van der Waals surface area contributed by atoms with Crippen molar-refractivity contribution in [1.82, 2.24) is 0 Å². The summed E-state index contributed by atoms with van der Waals surface area (Å²) >= 11 is 0. The Morgan fingerprint density at radius 1 is 0.314 bits per heavy atom. The smallest absolute Gasteiger partial charge is 0.0645 e. The van der Waals surface area contributed by atoms with Crippen LogP contribution in [0, 0.1) is 0 Å². The fourth-order valence-electron chi connectivity index (χ4n) is 6.05. The Kier molecular flexibility index (Phi) is 4.15. The van der Waals surface area contributed by atoms with Crippen LogP contribution in [0.25, 0.3) is 66.1 Å². The molecule has 0 radical (unpaired) electrons. The zero-order chi connectivity index (χ0) is 51.4. The molecule has 51 heavy (non-hydrogen) atoms. The fraction of sp³-hybridized carbons (Fsp3) is 0. The van der Waals surface area contributed by atoms with Crippen molar-refractivity contribution >= 4 is 38.6 Å². The maximum atomic E-state index is 9.58. The molecule has 0 bridgehead atoms. The van der Waals surface area contributed by atoms with Gasteiger partial charge in [0.1, 0.15) is 0 Å². The molecule has 1 nitrogen and oxygen atoms in total. The van der Waals surface area contributed by atoms with Gasteiger partial charge in [-0.05, 0) is 102 Å². The summed E-state index contributed by atoms with van der Waals surface area (Å²) in [5, 5.41) is 0.832. The van der Waals surface area contributed by atoms with Gasteiger partial charge in [0.05, 0.1) is 27.4 Å². The van der Waals surface area contributed by atoms with Gasteiger partial charge in [-0.3, -0.25) is 0 Å². The molecule has 0 aromatic heterocycles. The van der Waals surface area contributed by atoms with Gasteiger partial charge in [-0.1, -0.05) is 176 Å². The van der Waals surface area contributed by atoms with E-state index in [1.807, 2.05) is 66.7 Å². The largest absolute Gasteiger partial charge is 0.311 e. The molecule has 0 saturated heterocycles. The zero-order valence-electron chi connectivity index (χ0n) is 46.6. The Bertz CT molecular complexity index is 3670. The molecule has 0 saturated carbocycles. The number of nitrogens with zero attached hydrogens (tertiary/aromatic N) is 1. The first-order valence-electron chi connectivity index (χ1n) is 25.9. The standard InChI is InChI=1S/C50H35N/c1-3-12-36(13-4-1)37-22-29-43(30-23-37)51(44-31-24-41(25-32-44)47-21-11-18-38-16-7-9-19-46(38)47)45-33-26-42(27-34-45)50-48-20-10-8-17-40(48)28-35-49(50)39-14-5-2-6-15-39/h1-35H/i1D,3D,4D,7D,9D,11D,12D,13D,16D,18D,19D,21D,22D,23D,24D,25D,29D,30D,31D,32D. The van der Waals surface area contributed by atoms with Crippen LogP contribution in [0.2, 0.25) is 0 Å². The van der Waals surface area contributed by atoms with E-state index in [9.17, 15) is 11.0 Å². The number of rotatable bonds is 7. The molecule has 0 spiro atoms. The van der Waals surface area contributed by atoms with Crippen molar-refractivity contribution in [3.63, 3.8) is 0 Å². The lowest BCUT2D eigenvalue weighted by Crippen LogP contribution is -2.09. The first kappa shape index (κ1) is 15.9. The van der Waals surface area contributed by atoms with Crippen LogP contribution in [0.3, 0.4) is 0 Å². The van der Waals surface area contributed by atoms with Crippen molar-refractivity contribution in [2.45, 2.75) is 0 Å². The van der Waals surface area contributed by atoms with Gasteiger partial charge in [0, 0.05) is 17.1 Å². The van der Waals surface area contributed by atoms with Crippen LogP contribution in [-0.2, 0) is 0 Å². The Morgan fingerprint density at radius 3 is 1.71 bits per heavy atom. The van der Waals surface area contributed by atoms with E-state index in [1.54, 1.807) is 12.1 Å². The molecule has 0 amide bonds. The summed E-state index contributed by atoms with van der Waals surface area (Å²) in [5.74, 6) is 0. The van der Waals surface area contributed by atoms with Gasteiger partial charge in [-0.15, -0.1) is 0 Å². The molecule has 9 rings (SSSR count). The van der Waals surface area contributed by atoms with Crippen LogP contribution >= 0.6 is 0 Å². The van der Waals surface area contributed by atoms with Crippen LogP contribution in [0.4, 0.5) is 17.1 Å². The minimum Gasteiger partial charge on any atom is -0.311 e. The summed E-state index contributed by atoms with van der Waals surface area (Å²) < 4.78 is 178. The highest BCUT2D eigenvalue weighted by Crippen LogP contribution is 2.41. The van der Waals surface area contributed by atoms with E-state index >= 15 is 0 Å². The first-order valence-corrected chi connectivity index (χ1v) is 15.9. The monoisotopic (exact) mass is 669 g/mol. The first-order chi connectivity index (χ1) is 33.6. The minimum atomic E-state index is -0.892. The molecule has 0 fully saturated rings. The van der Waals surface area contributed by atoms with Crippen molar-refractivity contribution < 1.29 is 27.4 Å². The molecule has 0 aliphatic heterocycles. The maximum absolute atomic E-state index is 9.58. The summed E-state index contributed by atoms with van der Waals surface area (Å²) in [5.41, 5.74) is -0.506. The molecular weight excluding hydrogens is 615 g/mol. The second kappa shape index (κ2) is 13.3. The van der Waals surface area contributed by atoms with E-state index in [4.69, 9.17) is 16.4 Å². The van der Waals surface area contributed by atoms with Crippen molar-refractivity contribution in [1.29, 1.82) is 0 Å².